The van der Waals surface area contributed by atoms with Crippen molar-refractivity contribution in [2.45, 2.75) is 363 Å². The molecule has 3 fully saturated rings. The van der Waals surface area contributed by atoms with Crippen molar-refractivity contribution < 1.29 is 104 Å². The van der Waals surface area contributed by atoms with Crippen molar-refractivity contribution in [3.8, 4) is 0 Å². The topological polar surface area (TPSA) is 345 Å². The molecule has 0 radical (unpaired) electrons. The number of ether oxygens (including phenoxy) is 7. The van der Waals surface area contributed by atoms with E-state index in [1.54, 1.807) is 0 Å². The van der Waals surface area contributed by atoms with Crippen LogP contribution in [-0.2, 0) is 38.0 Å². The van der Waals surface area contributed by atoms with Crippen LogP contribution in [0.4, 0.5) is 0 Å². The highest BCUT2D eigenvalue weighted by atomic mass is 16.7. The summed E-state index contributed by atoms with van der Waals surface area (Å²) in [4.78, 5) is 12.1. The van der Waals surface area contributed by atoms with Gasteiger partial charge in [0.2, 0.25) is 0 Å². The maximum absolute atomic E-state index is 12.1. The van der Waals surface area contributed by atoms with Gasteiger partial charge in [0.1, 0.15) is 79.9 Å². The largest absolute Gasteiger partial charge is 0.463 e. The molecule has 15 unspecified atom stereocenters. The zero-order valence-electron chi connectivity index (χ0n) is 54.2. The summed E-state index contributed by atoms with van der Waals surface area (Å²) in [5.74, 6) is -0.341. The quantitative estimate of drug-likeness (QED) is 0.0206. The monoisotopic (exact) mass is 1260 g/mol. The first-order valence-electron chi connectivity index (χ1n) is 34.8. The summed E-state index contributed by atoms with van der Waals surface area (Å²) in [5.41, 5.74) is 0. The SMILES string of the molecule is CCCCCCCCCCCC(=O)OCC1OC(OCCCCCCCCCCCCO)C(O)C(O)C1O.CCCCCCCCCCCCOC1OC(CO)C(O)C(O)C1O.OCCCCCCCCCCCCOC1OC(CO)C(O)C(O)C1O. The molecule has 0 bridgehead atoms. The van der Waals surface area contributed by atoms with Crippen LogP contribution in [0.5, 0.6) is 0 Å². The van der Waals surface area contributed by atoms with Crippen LogP contribution >= 0.6 is 0 Å². The van der Waals surface area contributed by atoms with E-state index in [4.69, 9.17) is 53.6 Å². The summed E-state index contributed by atoms with van der Waals surface area (Å²) in [5, 5.41) is 125. The Hall–Kier alpha value is -1.29. The van der Waals surface area contributed by atoms with Crippen molar-refractivity contribution in [1.82, 2.24) is 0 Å². The molecule has 21 nitrogen and oxygen atoms in total. The molecule has 0 saturated carbocycles. The van der Waals surface area contributed by atoms with Crippen molar-refractivity contribution in [2.75, 3.05) is 52.9 Å². The molecule has 3 aliphatic rings. The molecule has 3 saturated heterocycles. The van der Waals surface area contributed by atoms with E-state index in [0.29, 0.717) is 32.8 Å². The van der Waals surface area contributed by atoms with Crippen molar-refractivity contribution in [3.63, 3.8) is 0 Å². The summed E-state index contributed by atoms with van der Waals surface area (Å²) in [7, 11) is 0. The summed E-state index contributed by atoms with van der Waals surface area (Å²) in [6.07, 6.45) is 27.3. The predicted octanol–water partition coefficient (Wildman–Crippen LogP) is 7.59. The normalized spacial score (nSPS) is 27.3. The molecule has 87 heavy (non-hydrogen) atoms. The number of carbonyl (C=O) groups is 1. The van der Waals surface area contributed by atoms with Gasteiger partial charge in [0.15, 0.2) is 18.9 Å². The zero-order valence-corrected chi connectivity index (χ0v) is 54.2. The van der Waals surface area contributed by atoms with E-state index < -0.39 is 105 Å². The average Bonchev–Trinajstić information content (AvgIpc) is 2.06. The minimum atomic E-state index is -1.42. The van der Waals surface area contributed by atoms with Gasteiger partial charge in [-0.3, -0.25) is 4.79 Å². The molecular formula is C66H130O21. The molecule has 15 atom stereocenters. The Kier molecular flexibility index (Phi) is 55.2. The lowest BCUT2D eigenvalue weighted by molar-refractivity contribution is -0.301. The number of rotatable bonds is 52. The van der Waals surface area contributed by atoms with Crippen LogP contribution in [0.25, 0.3) is 0 Å². The van der Waals surface area contributed by atoms with E-state index >= 15 is 0 Å². The Morgan fingerprint density at radius 2 is 0.540 bits per heavy atom. The van der Waals surface area contributed by atoms with Crippen LogP contribution in [0, 0.1) is 0 Å². The van der Waals surface area contributed by atoms with Crippen LogP contribution in [0.15, 0.2) is 0 Å². The summed E-state index contributed by atoms with van der Waals surface area (Å²) < 4.78 is 38.1. The second-order valence-corrected chi connectivity index (χ2v) is 24.5. The van der Waals surface area contributed by atoms with E-state index in [1.165, 1.54) is 154 Å². The van der Waals surface area contributed by atoms with Crippen molar-refractivity contribution >= 4 is 5.97 Å². The van der Waals surface area contributed by atoms with Crippen molar-refractivity contribution in [1.29, 1.82) is 0 Å². The molecule has 520 valence electrons. The van der Waals surface area contributed by atoms with Gasteiger partial charge < -0.3 is 99.5 Å². The van der Waals surface area contributed by atoms with Gasteiger partial charge >= 0.3 is 5.97 Å². The van der Waals surface area contributed by atoms with Gasteiger partial charge in [-0.1, -0.05) is 226 Å². The molecule has 0 aromatic heterocycles. The highest BCUT2D eigenvalue weighted by Crippen LogP contribution is 2.26. The number of esters is 1. The highest BCUT2D eigenvalue weighted by Gasteiger charge is 2.46. The van der Waals surface area contributed by atoms with Gasteiger partial charge in [-0.15, -0.1) is 0 Å². The van der Waals surface area contributed by atoms with Gasteiger partial charge in [-0.2, -0.15) is 0 Å². The Bertz CT molecular complexity index is 1490. The van der Waals surface area contributed by atoms with Crippen LogP contribution < -0.4 is 0 Å². The Balaban J connectivity index is 0.000000678. The molecule has 0 spiro atoms. The molecule has 0 aliphatic carbocycles. The van der Waals surface area contributed by atoms with E-state index in [0.717, 1.165) is 96.3 Å². The average molecular weight is 1260 g/mol. The molecule has 0 aromatic rings. The third-order valence-corrected chi connectivity index (χ3v) is 16.7. The number of carbonyl (C=O) groups excluding carboxylic acids is 1. The highest BCUT2D eigenvalue weighted by molar-refractivity contribution is 5.69. The Morgan fingerprint density at radius 1 is 0.299 bits per heavy atom. The minimum Gasteiger partial charge on any atom is -0.463 e. The molecule has 0 aromatic carbocycles. The minimum absolute atomic E-state index is 0.179. The molecule has 3 aliphatic heterocycles. The first-order valence-corrected chi connectivity index (χ1v) is 34.8. The third kappa shape index (κ3) is 40.4. The van der Waals surface area contributed by atoms with Crippen LogP contribution in [-0.4, -0.2) is 217 Å². The standard InChI is InChI=1S/C30H58O8.C18H36O7.C18H36O6/c1-2-3-4-5-6-9-12-15-18-21-26(32)37-24-25-27(33)28(34)29(35)30(38-25)36-23-20-17-14-11-8-7-10-13-16-19-22-31;19-11-9-7-5-3-1-2-4-6-8-10-12-24-18-17(23)16(22)15(21)14(13-20)25-18;1-2-3-4-5-6-7-8-9-10-11-12-23-18-17(22)16(21)15(20)14(13-19)24-18/h25,27-31,33-35H,2-24H2,1H3;14-23H,1-13H2;14-22H,2-13H2,1H3. The number of unbranched alkanes of at least 4 members (excludes halogenated alkanes) is 35. The number of aliphatic hydroxyl groups is 13. The molecule has 0 amide bonds. The lowest BCUT2D eigenvalue weighted by atomic mass is 9.99. The third-order valence-electron chi connectivity index (χ3n) is 16.7. The fourth-order valence-electron chi connectivity index (χ4n) is 10.9. The van der Waals surface area contributed by atoms with E-state index in [-0.39, 0.29) is 19.2 Å². The van der Waals surface area contributed by atoms with E-state index in [9.17, 15) is 50.8 Å². The molecular weight excluding hydrogens is 1130 g/mol. The van der Waals surface area contributed by atoms with Crippen LogP contribution in [0.2, 0.25) is 0 Å². The van der Waals surface area contributed by atoms with Gasteiger partial charge in [-0.25, -0.2) is 0 Å². The molecule has 13 N–H and O–H groups in total. The van der Waals surface area contributed by atoms with Gasteiger partial charge in [0.05, 0.1) is 13.2 Å². The van der Waals surface area contributed by atoms with Crippen molar-refractivity contribution in [3.05, 3.63) is 0 Å². The lowest BCUT2D eigenvalue weighted by Crippen LogP contribution is -2.59. The number of hydrogen-bond acceptors (Lipinski definition) is 21. The van der Waals surface area contributed by atoms with Crippen LogP contribution in [0.1, 0.15) is 271 Å². The maximum Gasteiger partial charge on any atom is 0.305 e. The van der Waals surface area contributed by atoms with Gasteiger partial charge in [0.25, 0.3) is 0 Å². The smallest absolute Gasteiger partial charge is 0.305 e. The van der Waals surface area contributed by atoms with Gasteiger partial charge in [-0.05, 0) is 38.5 Å². The second kappa shape index (κ2) is 57.4. The maximum atomic E-state index is 12.1. The summed E-state index contributed by atoms with van der Waals surface area (Å²) in [6, 6.07) is 0. The second-order valence-electron chi connectivity index (χ2n) is 24.5. The van der Waals surface area contributed by atoms with Crippen LogP contribution in [0.3, 0.4) is 0 Å². The molecule has 3 heterocycles. The first-order chi connectivity index (χ1) is 42.2. The fraction of sp³-hybridized carbons (Fsp3) is 0.985. The molecule has 3 rings (SSSR count). The Labute approximate surface area is 524 Å². The number of hydrogen-bond donors (Lipinski definition) is 13. The van der Waals surface area contributed by atoms with Crippen molar-refractivity contribution in [2.24, 2.45) is 0 Å². The Morgan fingerprint density at radius 3 is 0.816 bits per heavy atom. The lowest BCUT2D eigenvalue weighted by Gasteiger charge is -2.40. The van der Waals surface area contributed by atoms with E-state index in [2.05, 4.69) is 13.8 Å². The first kappa shape index (κ1) is 83.7. The summed E-state index contributed by atoms with van der Waals surface area (Å²) >= 11 is 0. The zero-order chi connectivity index (χ0) is 64.1. The molecule has 21 heteroatoms. The fourth-order valence-corrected chi connectivity index (χ4v) is 10.9. The summed E-state index contributed by atoms with van der Waals surface area (Å²) in [6.45, 7) is 5.21. The van der Waals surface area contributed by atoms with Gasteiger partial charge in [0, 0.05) is 39.5 Å². The van der Waals surface area contributed by atoms with E-state index in [1.807, 2.05) is 0 Å². The number of aliphatic hydroxyl groups excluding tert-OH is 13. The predicted molar refractivity (Wildman–Crippen MR) is 333 cm³/mol.